The van der Waals surface area contributed by atoms with Crippen LogP contribution in [0.25, 0.3) is 17.1 Å². The van der Waals surface area contributed by atoms with Gasteiger partial charge in [-0.3, -0.25) is 0 Å². The maximum Gasteiger partial charge on any atom is 0.187 e. The largest absolute Gasteiger partial charge is 0.326 e. The summed E-state index contributed by atoms with van der Waals surface area (Å²) in [6.45, 7) is 0.532. The second kappa shape index (κ2) is 4.99. The Morgan fingerprint density at radius 2 is 1.68 bits per heavy atom. The SMILES string of the molecule is NCc1ccc(-c2nnnn2-c2ccccc2)cc1. The van der Waals surface area contributed by atoms with Crippen LogP contribution in [0.2, 0.25) is 0 Å². The summed E-state index contributed by atoms with van der Waals surface area (Å²) in [6.07, 6.45) is 0. The van der Waals surface area contributed by atoms with Crippen LogP contribution in [0.3, 0.4) is 0 Å². The van der Waals surface area contributed by atoms with Gasteiger partial charge in [0.15, 0.2) is 5.82 Å². The summed E-state index contributed by atoms with van der Waals surface area (Å²) < 4.78 is 1.72. The highest BCUT2D eigenvalue weighted by molar-refractivity contribution is 5.57. The van der Waals surface area contributed by atoms with E-state index in [-0.39, 0.29) is 0 Å². The summed E-state index contributed by atoms with van der Waals surface area (Å²) in [5, 5.41) is 11.9. The molecular formula is C14H13N5. The fourth-order valence-corrected chi connectivity index (χ4v) is 1.90. The van der Waals surface area contributed by atoms with Crippen LogP contribution in [0.4, 0.5) is 0 Å². The summed E-state index contributed by atoms with van der Waals surface area (Å²) in [6, 6.07) is 17.7. The molecule has 0 aliphatic rings. The molecule has 0 bridgehead atoms. The van der Waals surface area contributed by atoms with E-state index in [2.05, 4.69) is 15.5 Å². The van der Waals surface area contributed by atoms with Crippen molar-refractivity contribution in [2.24, 2.45) is 5.73 Å². The van der Waals surface area contributed by atoms with Gasteiger partial charge in [0.2, 0.25) is 0 Å². The third-order valence-electron chi connectivity index (χ3n) is 2.92. The standard InChI is InChI=1S/C14H13N5/c15-10-11-6-8-12(9-7-11)14-16-17-18-19(14)13-4-2-1-3-5-13/h1-9H,10,15H2. The molecule has 0 spiro atoms. The number of hydrogen-bond acceptors (Lipinski definition) is 4. The van der Waals surface area contributed by atoms with E-state index in [1.54, 1.807) is 4.68 Å². The van der Waals surface area contributed by atoms with Gasteiger partial charge in [0, 0.05) is 12.1 Å². The normalized spacial score (nSPS) is 10.6. The lowest BCUT2D eigenvalue weighted by molar-refractivity contribution is 0.791. The number of benzene rings is 2. The van der Waals surface area contributed by atoms with Crippen LogP contribution in [-0.4, -0.2) is 20.2 Å². The summed E-state index contributed by atoms with van der Waals surface area (Å²) in [7, 11) is 0. The van der Waals surface area contributed by atoms with Gasteiger partial charge < -0.3 is 5.73 Å². The Hall–Kier alpha value is -2.53. The third-order valence-corrected chi connectivity index (χ3v) is 2.92. The predicted molar refractivity (Wildman–Crippen MR) is 72.5 cm³/mol. The van der Waals surface area contributed by atoms with E-state index in [0.29, 0.717) is 6.54 Å². The lowest BCUT2D eigenvalue weighted by Gasteiger charge is -2.04. The van der Waals surface area contributed by atoms with E-state index in [9.17, 15) is 0 Å². The fourth-order valence-electron chi connectivity index (χ4n) is 1.90. The molecule has 0 aliphatic heterocycles. The van der Waals surface area contributed by atoms with Crippen LogP contribution in [0.5, 0.6) is 0 Å². The Labute approximate surface area is 110 Å². The average molecular weight is 251 g/mol. The molecule has 0 saturated heterocycles. The van der Waals surface area contributed by atoms with Crippen molar-refractivity contribution >= 4 is 0 Å². The van der Waals surface area contributed by atoms with E-state index in [1.165, 1.54) is 0 Å². The molecule has 0 aliphatic carbocycles. The molecule has 0 atom stereocenters. The van der Waals surface area contributed by atoms with Crippen molar-refractivity contribution in [1.29, 1.82) is 0 Å². The molecule has 3 aromatic rings. The third kappa shape index (κ3) is 2.23. The van der Waals surface area contributed by atoms with Crippen molar-refractivity contribution in [3.63, 3.8) is 0 Å². The number of tetrazole rings is 1. The molecule has 0 saturated carbocycles. The molecule has 1 aromatic heterocycles. The molecule has 3 rings (SSSR count). The van der Waals surface area contributed by atoms with Crippen molar-refractivity contribution in [2.45, 2.75) is 6.54 Å². The molecule has 0 radical (unpaired) electrons. The van der Waals surface area contributed by atoms with Crippen molar-refractivity contribution in [3.8, 4) is 17.1 Å². The highest BCUT2D eigenvalue weighted by Gasteiger charge is 2.09. The minimum atomic E-state index is 0.532. The topological polar surface area (TPSA) is 69.6 Å². The van der Waals surface area contributed by atoms with Gasteiger partial charge in [0.25, 0.3) is 0 Å². The van der Waals surface area contributed by atoms with Gasteiger partial charge >= 0.3 is 0 Å². The molecule has 5 heteroatoms. The van der Waals surface area contributed by atoms with Gasteiger partial charge in [-0.05, 0) is 28.1 Å². The quantitative estimate of drug-likeness (QED) is 0.770. The van der Waals surface area contributed by atoms with Crippen molar-refractivity contribution < 1.29 is 0 Å². The number of nitrogens with zero attached hydrogens (tertiary/aromatic N) is 4. The van der Waals surface area contributed by atoms with E-state index in [0.717, 1.165) is 22.6 Å². The molecule has 0 fully saturated rings. The van der Waals surface area contributed by atoms with Gasteiger partial charge in [-0.25, -0.2) is 0 Å². The summed E-state index contributed by atoms with van der Waals surface area (Å²) in [4.78, 5) is 0. The smallest absolute Gasteiger partial charge is 0.187 e. The van der Waals surface area contributed by atoms with Crippen molar-refractivity contribution in [1.82, 2.24) is 20.2 Å². The minimum absolute atomic E-state index is 0.532. The first kappa shape index (κ1) is 11.6. The van der Waals surface area contributed by atoms with Crippen LogP contribution < -0.4 is 5.73 Å². The second-order valence-electron chi connectivity index (χ2n) is 4.15. The number of nitrogens with two attached hydrogens (primary N) is 1. The highest BCUT2D eigenvalue weighted by atomic mass is 15.5. The molecule has 2 N–H and O–H groups in total. The van der Waals surface area contributed by atoms with Crippen molar-refractivity contribution in [2.75, 3.05) is 0 Å². The van der Waals surface area contributed by atoms with Gasteiger partial charge in [-0.1, -0.05) is 42.5 Å². The highest BCUT2D eigenvalue weighted by Crippen LogP contribution is 2.19. The monoisotopic (exact) mass is 251 g/mol. The first-order chi connectivity index (χ1) is 9.38. The average Bonchev–Trinajstić information content (AvgIpc) is 2.98. The van der Waals surface area contributed by atoms with Crippen LogP contribution >= 0.6 is 0 Å². The number of rotatable bonds is 3. The van der Waals surface area contributed by atoms with E-state index < -0.39 is 0 Å². The predicted octanol–water partition coefficient (Wildman–Crippen LogP) is 1.79. The Bertz CT molecular complexity index is 658. The Morgan fingerprint density at radius 3 is 2.37 bits per heavy atom. The maximum atomic E-state index is 5.59. The summed E-state index contributed by atoms with van der Waals surface area (Å²) in [5.74, 6) is 0.717. The summed E-state index contributed by atoms with van der Waals surface area (Å²) >= 11 is 0. The molecular weight excluding hydrogens is 238 g/mol. The fraction of sp³-hybridized carbons (Fsp3) is 0.0714. The van der Waals surface area contributed by atoms with Gasteiger partial charge in [0.05, 0.1) is 5.69 Å². The Balaban J connectivity index is 2.04. The minimum Gasteiger partial charge on any atom is -0.326 e. The zero-order valence-corrected chi connectivity index (χ0v) is 10.3. The van der Waals surface area contributed by atoms with Crippen LogP contribution in [0.1, 0.15) is 5.56 Å². The molecule has 94 valence electrons. The van der Waals surface area contributed by atoms with Crippen molar-refractivity contribution in [3.05, 3.63) is 60.2 Å². The first-order valence-electron chi connectivity index (χ1n) is 6.01. The van der Waals surface area contributed by atoms with E-state index in [1.807, 2.05) is 54.6 Å². The van der Waals surface area contributed by atoms with Gasteiger partial charge in [0.1, 0.15) is 0 Å². The Kier molecular flexibility index (Phi) is 3.04. The van der Waals surface area contributed by atoms with E-state index in [4.69, 9.17) is 5.73 Å². The van der Waals surface area contributed by atoms with Gasteiger partial charge in [-0.2, -0.15) is 4.68 Å². The van der Waals surface area contributed by atoms with Crippen LogP contribution in [0, 0.1) is 0 Å². The summed E-state index contributed by atoms with van der Waals surface area (Å²) in [5.41, 5.74) is 8.58. The lowest BCUT2D eigenvalue weighted by Crippen LogP contribution is -2.00. The maximum absolute atomic E-state index is 5.59. The molecule has 2 aromatic carbocycles. The van der Waals surface area contributed by atoms with Crippen LogP contribution in [-0.2, 0) is 6.54 Å². The molecule has 19 heavy (non-hydrogen) atoms. The van der Waals surface area contributed by atoms with E-state index >= 15 is 0 Å². The molecule has 1 heterocycles. The first-order valence-corrected chi connectivity index (χ1v) is 6.01. The molecule has 0 amide bonds. The Morgan fingerprint density at radius 1 is 0.947 bits per heavy atom. The zero-order chi connectivity index (χ0) is 13.1. The second-order valence-corrected chi connectivity index (χ2v) is 4.15. The molecule has 5 nitrogen and oxygen atoms in total. The zero-order valence-electron chi connectivity index (χ0n) is 10.3. The van der Waals surface area contributed by atoms with Gasteiger partial charge in [-0.15, -0.1) is 5.10 Å². The molecule has 0 unspecified atom stereocenters. The lowest BCUT2D eigenvalue weighted by atomic mass is 10.1. The number of hydrogen-bond donors (Lipinski definition) is 1. The number of para-hydroxylation sites is 1. The van der Waals surface area contributed by atoms with Crippen LogP contribution in [0.15, 0.2) is 54.6 Å². The number of aromatic nitrogens is 4.